The molecular formula is C34H44O8. The summed E-state index contributed by atoms with van der Waals surface area (Å²) in [6, 6.07) is 6.90. The van der Waals surface area contributed by atoms with E-state index in [2.05, 4.69) is 53.7 Å². The van der Waals surface area contributed by atoms with E-state index in [1.165, 1.54) is 23.7 Å². The number of esters is 2. The fourth-order valence-electron chi connectivity index (χ4n) is 8.21. The number of allylic oxidation sites excluding steroid dienone is 4. The Morgan fingerprint density at radius 1 is 0.786 bits per heavy atom. The Hall–Kier alpha value is -3.10. The summed E-state index contributed by atoms with van der Waals surface area (Å²) in [7, 11) is 0. The van der Waals surface area contributed by atoms with Crippen LogP contribution in [0.25, 0.3) is 0 Å². The third kappa shape index (κ3) is 4.32. The smallest absolute Gasteiger partial charge is 0.316 e. The molecule has 2 aliphatic heterocycles. The van der Waals surface area contributed by atoms with Crippen molar-refractivity contribution in [2.45, 2.75) is 79.4 Å². The van der Waals surface area contributed by atoms with Crippen molar-refractivity contribution in [2.24, 2.45) is 33.5 Å². The van der Waals surface area contributed by atoms with E-state index in [9.17, 15) is 19.8 Å². The van der Waals surface area contributed by atoms with Crippen LogP contribution >= 0.6 is 0 Å². The fourth-order valence-corrected chi connectivity index (χ4v) is 8.21. The molecule has 2 aromatic rings. The molecule has 0 amide bonds. The number of aliphatic hydroxyl groups is 2. The topological polar surface area (TPSA) is 119 Å². The molecule has 8 atom stereocenters. The Kier molecular flexibility index (Phi) is 7.86. The van der Waals surface area contributed by atoms with Gasteiger partial charge in [0.1, 0.15) is 34.6 Å². The van der Waals surface area contributed by atoms with Gasteiger partial charge in [-0.05, 0) is 88.5 Å². The van der Waals surface area contributed by atoms with Gasteiger partial charge in [-0.1, -0.05) is 37.1 Å². The summed E-state index contributed by atoms with van der Waals surface area (Å²) in [6.07, 6.45) is 9.11. The lowest BCUT2D eigenvalue weighted by molar-refractivity contribution is -0.154. The highest BCUT2D eigenvalue weighted by Crippen LogP contribution is 2.79. The minimum atomic E-state index is -0.927. The van der Waals surface area contributed by atoms with E-state index >= 15 is 0 Å². The number of carbonyl (C=O) groups excluding carboxylic acids is 2. The highest BCUT2D eigenvalue weighted by atomic mass is 16.6. The minimum absolute atomic E-state index is 0.0724. The van der Waals surface area contributed by atoms with Crippen LogP contribution in [-0.4, -0.2) is 35.4 Å². The van der Waals surface area contributed by atoms with Crippen LogP contribution in [0.1, 0.15) is 91.0 Å². The van der Waals surface area contributed by atoms with Crippen molar-refractivity contribution < 1.29 is 38.1 Å². The average Bonchev–Trinajstić information content (AvgIpc) is 3.48. The molecule has 2 aliphatic carbocycles. The molecule has 0 aromatic carbocycles. The summed E-state index contributed by atoms with van der Waals surface area (Å²) in [5.41, 5.74) is 0.432. The molecule has 42 heavy (non-hydrogen) atoms. The first-order valence-electron chi connectivity index (χ1n) is 14.9. The number of ether oxygens (including phenoxy) is 2. The second kappa shape index (κ2) is 10.9. The first-order chi connectivity index (χ1) is 19.9. The third-order valence-corrected chi connectivity index (χ3v) is 10.7. The van der Waals surface area contributed by atoms with E-state index in [0.717, 1.165) is 25.7 Å². The summed E-state index contributed by atoms with van der Waals surface area (Å²) in [5.74, 6) is 0.480. The van der Waals surface area contributed by atoms with Crippen molar-refractivity contribution >= 4 is 11.9 Å². The Morgan fingerprint density at radius 3 is 1.48 bits per heavy atom. The van der Waals surface area contributed by atoms with E-state index in [1.807, 2.05) is 0 Å². The summed E-state index contributed by atoms with van der Waals surface area (Å²) >= 11 is 0. The van der Waals surface area contributed by atoms with Crippen molar-refractivity contribution in [2.75, 3.05) is 13.2 Å². The van der Waals surface area contributed by atoms with Crippen LogP contribution in [0.4, 0.5) is 0 Å². The molecule has 228 valence electrons. The SMILES string of the molecule is CC(C)=CCC[C@@]1(C)[C@@H]2COC(=O)[C@@]21[C@@H](O)c1ccco1.CC(C)=CCC[C@]1(C)[C@H]2COC(=O)[C@]21[C@H](O)c1ccco1. The maximum Gasteiger partial charge on any atom is 0.316 e. The highest BCUT2D eigenvalue weighted by Gasteiger charge is 2.85. The lowest BCUT2D eigenvalue weighted by atomic mass is 9.84. The van der Waals surface area contributed by atoms with Crippen molar-refractivity contribution in [1.82, 2.24) is 0 Å². The third-order valence-electron chi connectivity index (χ3n) is 10.7. The highest BCUT2D eigenvalue weighted by molar-refractivity contribution is 5.87. The van der Waals surface area contributed by atoms with E-state index in [0.29, 0.717) is 24.7 Å². The number of carbonyl (C=O) groups is 2. The average molecular weight is 581 g/mol. The zero-order valence-corrected chi connectivity index (χ0v) is 25.5. The van der Waals surface area contributed by atoms with Gasteiger partial charge < -0.3 is 28.5 Å². The predicted octanol–water partition coefficient (Wildman–Crippen LogP) is 6.48. The number of furan rings is 2. The number of rotatable bonds is 10. The van der Waals surface area contributed by atoms with E-state index < -0.39 is 23.0 Å². The Morgan fingerprint density at radius 2 is 1.17 bits per heavy atom. The zero-order chi connectivity index (χ0) is 30.5. The first kappa shape index (κ1) is 30.4. The van der Waals surface area contributed by atoms with Gasteiger partial charge in [0.2, 0.25) is 0 Å². The first-order valence-corrected chi connectivity index (χ1v) is 14.9. The molecule has 0 spiro atoms. The van der Waals surface area contributed by atoms with Crippen LogP contribution in [0.2, 0.25) is 0 Å². The van der Waals surface area contributed by atoms with Crippen molar-refractivity contribution in [3.05, 3.63) is 71.6 Å². The quantitative estimate of drug-likeness (QED) is 0.242. The summed E-state index contributed by atoms with van der Waals surface area (Å²) < 4.78 is 21.0. The van der Waals surface area contributed by atoms with Crippen molar-refractivity contribution in [3.8, 4) is 0 Å². The number of hydrogen-bond acceptors (Lipinski definition) is 8. The number of aliphatic hydroxyl groups excluding tert-OH is 2. The summed E-state index contributed by atoms with van der Waals surface area (Å²) in [6.45, 7) is 13.3. The molecular weight excluding hydrogens is 536 g/mol. The van der Waals surface area contributed by atoms with Crippen molar-refractivity contribution in [3.63, 3.8) is 0 Å². The lowest BCUT2D eigenvalue weighted by Crippen LogP contribution is -2.29. The molecule has 8 heteroatoms. The second-order valence-corrected chi connectivity index (χ2v) is 13.4. The second-order valence-electron chi connectivity index (χ2n) is 13.4. The maximum absolute atomic E-state index is 12.3. The van der Waals surface area contributed by atoms with E-state index in [4.69, 9.17) is 18.3 Å². The Bertz CT molecular complexity index is 1240. The van der Waals surface area contributed by atoms with Crippen molar-refractivity contribution in [1.29, 1.82) is 0 Å². The molecule has 4 aliphatic rings. The van der Waals surface area contributed by atoms with E-state index in [1.54, 1.807) is 24.3 Å². The lowest BCUT2D eigenvalue weighted by Gasteiger charge is -2.24. The van der Waals surface area contributed by atoms with Crippen LogP contribution in [0.5, 0.6) is 0 Å². The van der Waals surface area contributed by atoms with Gasteiger partial charge >= 0.3 is 11.9 Å². The Labute approximate surface area is 247 Å². The molecule has 0 radical (unpaired) electrons. The van der Waals surface area contributed by atoms with Gasteiger partial charge in [-0.15, -0.1) is 0 Å². The van der Waals surface area contributed by atoms with Gasteiger partial charge in [-0.3, -0.25) is 9.59 Å². The fraction of sp³-hybridized carbons (Fsp3) is 0.588. The largest absolute Gasteiger partial charge is 0.467 e. The molecule has 6 rings (SSSR count). The molecule has 2 saturated carbocycles. The molecule has 4 heterocycles. The van der Waals surface area contributed by atoms with Crippen LogP contribution in [-0.2, 0) is 19.1 Å². The zero-order valence-electron chi connectivity index (χ0n) is 25.5. The maximum atomic E-state index is 12.3. The van der Waals surface area contributed by atoms with E-state index in [-0.39, 0.29) is 34.6 Å². The minimum Gasteiger partial charge on any atom is -0.467 e. The number of fused-ring (bicyclic) bond motifs is 2. The van der Waals surface area contributed by atoms with Crippen LogP contribution in [0, 0.1) is 33.5 Å². The van der Waals surface area contributed by atoms with Gasteiger partial charge in [-0.25, -0.2) is 0 Å². The molecule has 0 unspecified atom stereocenters. The molecule has 8 nitrogen and oxygen atoms in total. The van der Waals surface area contributed by atoms with Crippen LogP contribution < -0.4 is 0 Å². The normalized spacial score (nSPS) is 35.0. The molecule has 4 fully saturated rings. The van der Waals surface area contributed by atoms with Gasteiger partial charge in [0, 0.05) is 11.8 Å². The molecule has 2 aromatic heterocycles. The molecule has 2 saturated heterocycles. The predicted molar refractivity (Wildman–Crippen MR) is 155 cm³/mol. The monoisotopic (exact) mass is 580 g/mol. The Balaban J connectivity index is 0.000000168. The number of cyclic esters (lactones) is 2. The van der Waals surface area contributed by atoms with Gasteiger partial charge in [0.25, 0.3) is 0 Å². The van der Waals surface area contributed by atoms with Crippen LogP contribution in [0.3, 0.4) is 0 Å². The molecule has 2 N–H and O–H groups in total. The van der Waals surface area contributed by atoms with Gasteiger partial charge in [0.05, 0.1) is 25.7 Å². The number of hydrogen-bond donors (Lipinski definition) is 2. The van der Waals surface area contributed by atoms with Gasteiger partial charge in [0.15, 0.2) is 0 Å². The summed E-state index contributed by atoms with van der Waals surface area (Å²) in [5, 5.41) is 21.4. The summed E-state index contributed by atoms with van der Waals surface area (Å²) in [4.78, 5) is 24.7. The van der Waals surface area contributed by atoms with Gasteiger partial charge in [-0.2, -0.15) is 0 Å². The van der Waals surface area contributed by atoms with Crippen LogP contribution in [0.15, 0.2) is 68.9 Å². The standard InChI is InChI=1S/2C17H22O4/c2*1-11(2)6-4-8-16(3)13-10-21-15(19)17(13,16)14(18)12-7-5-9-20-12/h2*5-7,9,13-14,18H,4,8,10H2,1-3H3/t2*13-,14-,16-,17-/m10/s1. The molecule has 0 bridgehead atoms.